The number of hydrogen-bond donors (Lipinski definition) is 1. The summed E-state index contributed by atoms with van der Waals surface area (Å²) in [5.74, 6) is 0. The van der Waals surface area contributed by atoms with Gasteiger partial charge in [0.05, 0.1) is 17.9 Å². The van der Waals surface area contributed by atoms with Crippen LogP contribution >= 0.6 is 0 Å². The number of ether oxygens (including phenoxy) is 1. The summed E-state index contributed by atoms with van der Waals surface area (Å²) in [5.41, 5.74) is 7.49. The molecule has 1 rings (SSSR count). The zero-order valence-corrected chi connectivity index (χ0v) is 8.03. The van der Waals surface area contributed by atoms with Crippen molar-refractivity contribution in [2.75, 3.05) is 19.5 Å². The molecule has 0 aliphatic heterocycles. The predicted molar refractivity (Wildman–Crippen MR) is 56.5 cm³/mol. The summed E-state index contributed by atoms with van der Waals surface area (Å²) in [7, 11) is 1.62. The fourth-order valence-corrected chi connectivity index (χ4v) is 1.13. The lowest BCUT2D eigenvalue weighted by Crippen LogP contribution is -1.92. The predicted octanol–water partition coefficient (Wildman–Crippen LogP) is 1.80. The second-order valence-corrected chi connectivity index (χ2v) is 2.78. The number of nitrogen functional groups attached to an aromatic ring is 1. The minimum absolute atomic E-state index is 0.507. The van der Waals surface area contributed by atoms with Gasteiger partial charge < -0.3 is 10.5 Å². The molecule has 0 aromatic heterocycles. The fourth-order valence-electron chi connectivity index (χ4n) is 1.13. The number of nitrogens with zero attached hydrogens (tertiary/aromatic N) is 1. The Morgan fingerprint density at radius 3 is 3.00 bits per heavy atom. The molecule has 0 amide bonds. The fraction of sp³-hybridized carbons (Fsp3) is 0.182. The van der Waals surface area contributed by atoms with E-state index in [4.69, 9.17) is 15.7 Å². The Kier molecular flexibility index (Phi) is 3.71. The lowest BCUT2D eigenvalue weighted by atomic mass is 10.1. The van der Waals surface area contributed by atoms with E-state index in [2.05, 4.69) is 6.07 Å². The van der Waals surface area contributed by atoms with Gasteiger partial charge in [-0.25, -0.2) is 0 Å². The van der Waals surface area contributed by atoms with Crippen LogP contribution in [0.3, 0.4) is 0 Å². The van der Waals surface area contributed by atoms with E-state index in [0.717, 1.165) is 5.56 Å². The van der Waals surface area contributed by atoms with Gasteiger partial charge in [-0.3, -0.25) is 0 Å². The van der Waals surface area contributed by atoms with Crippen molar-refractivity contribution in [3.8, 4) is 6.07 Å². The van der Waals surface area contributed by atoms with Gasteiger partial charge in [-0.15, -0.1) is 0 Å². The molecule has 0 heterocycles. The van der Waals surface area contributed by atoms with Crippen molar-refractivity contribution in [2.45, 2.75) is 0 Å². The highest BCUT2D eigenvalue weighted by molar-refractivity contribution is 5.67. The highest BCUT2D eigenvalue weighted by atomic mass is 16.5. The molecule has 0 fully saturated rings. The normalized spacial score (nSPS) is 10.3. The average Bonchev–Trinajstić information content (AvgIpc) is 2.18. The summed E-state index contributed by atoms with van der Waals surface area (Å²) in [6.07, 6.45) is 3.67. The minimum Gasteiger partial charge on any atom is -0.398 e. The van der Waals surface area contributed by atoms with Crippen LogP contribution in [0.2, 0.25) is 0 Å². The number of anilines is 1. The Morgan fingerprint density at radius 1 is 1.57 bits per heavy atom. The van der Waals surface area contributed by atoms with Gasteiger partial charge in [-0.05, 0) is 11.6 Å². The Hall–Kier alpha value is -1.79. The molecular formula is C11H12N2O. The van der Waals surface area contributed by atoms with Gasteiger partial charge >= 0.3 is 0 Å². The van der Waals surface area contributed by atoms with Gasteiger partial charge in [0.25, 0.3) is 0 Å². The molecule has 3 nitrogen and oxygen atoms in total. The van der Waals surface area contributed by atoms with Crippen LogP contribution in [0.5, 0.6) is 0 Å². The van der Waals surface area contributed by atoms with Crippen LogP contribution < -0.4 is 5.73 Å². The maximum Gasteiger partial charge on any atom is 0.102 e. The lowest BCUT2D eigenvalue weighted by molar-refractivity contribution is 0.234. The monoisotopic (exact) mass is 188 g/mol. The smallest absolute Gasteiger partial charge is 0.102 e. The van der Waals surface area contributed by atoms with E-state index in [-0.39, 0.29) is 0 Å². The van der Waals surface area contributed by atoms with Crippen LogP contribution in [0.4, 0.5) is 5.69 Å². The standard InChI is InChI=1S/C11H12N2O/c1-14-7-3-5-9-4-2-6-11(13)10(9)8-12/h2-6H,7,13H2,1H3/b5-3+. The third-order valence-corrected chi connectivity index (χ3v) is 1.80. The summed E-state index contributed by atoms with van der Waals surface area (Å²) >= 11 is 0. The maximum atomic E-state index is 8.86. The number of hydrogen-bond acceptors (Lipinski definition) is 3. The number of nitrogens with two attached hydrogens (primary N) is 1. The molecule has 1 aromatic rings. The summed E-state index contributed by atoms with van der Waals surface area (Å²) in [5, 5.41) is 8.86. The van der Waals surface area contributed by atoms with Crippen molar-refractivity contribution >= 4 is 11.8 Å². The Morgan fingerprint density at radius 2 is 2.36 bits per heavy atom. The van der Waals surface area contributed by atoms with Gasteiger partial charge in [-0.1, -0.05) is 24.3 Å². The first-order valence-corrected chi connectivity index (χ1v) is 4.23. The van der Waals surface area contributed by atoms with Crippen molar-refractivity contribution < 1.29 is 4.74 Å². The first-order valence-electron chi connectivity index (χ1n) is 4.23. The molecule has 0 bridgehead atoms. The third-order valence-electron chi connectivity index (χ3n) is 1.80. The number of nitriles is 1. The summed E-state index contributed by atoms with van der Waals surface area (Å²) < 4.78 is 4.87. The highest BCUT2D eigenvalue weighted by Gasteiger charge is 2.01. The molecule has 0 atom stereocenters. The van der Waals surface area contributed by atoms with Gasteiger partial charge in [0.15, 0.2) is 0 Å². The van der Waals surface area contributed by atoms with E-state index in [1.54, 1.807) is 13.2 Å². The highest BCUT2D eigenvalue weighted by Crippen LogP contribution is 2.16. The molecule has 0 radical (unpaired) electrons. The summed E-state index contributed by atoms with van der Waals surface area (Å²) in [4.78, 5) is 0. The lowest BCUT2D eigenvalue weighted by Gasteiger charge is -2.00. The molecule has 0 spiro atoms. The molecule has 0 saturated carbocycles. The zero-order valence-electron chi connectivity index (χ0n) is 8.03. The number of rotatable bonds is 3. The first-order chi connectivity index (χ1) is 6.79. The van der Waals surface area contributed by atoms with Gasteiger partial charge in [0.2, 0.25) is 0 Å². The van der Waals surface area contributed by atoms with Crippen molar-refractivity contribution in [3.63, 3.8) is 0 Å². The van der Waals surface area contributed by atoms with Crippen LogP contribution in [-0.4, -0.2) is 13.7 Å². The molecule has 14 heavy (non-hydrogen) atoms. The average molecular weight is 188 g/mol. The van der Waals surface area contributed by atoms with Gasteiger partial charge in [0.1, 0.15) is 6.07 Å². The van der Waals surface area contributed by atoms with Gasteiger partial charge in [-0.2, -0.15) is 5.26 Å². The van der Waals surface area contributed by atoms with E-state index in [9.17, 15) is 0 Å². The van der Waals surface area contributed by atoms with Gasteiger partial charge in [0, 0.05) is 7.11 Å². The van der Waals surface area contributed by atoms with Crippen molar-refractivity contribution in [3.05, 3.63) is 35.4 Å². The van der Waals surface area contributed by atoms with Crippen molar-refractivity contribution in [2.24, 2.45) is 0 Å². The number of benzene rings is 1. The number of methoxy groups -OCH3 is 1. The molecule has 72 valence electrons. The van der Waals surface area contributed by atoms with E-state index < -0.39 is 0 Å². The van der Waals surface area contributed by atoms with E-state index in [1.807, 2.05) is 24.3 Å². The topological polar surface area (TPSA) is 59.0 Å². The van der Waals surface area contributed by atoms with Crippen molar-refractivity contribution in [1.82, 2.24) is 0 Å². The van der Waals surface area contributed by atoms with Crippen LogP contribution in [0, 0.1) is 11.3 Å². The summed E-state index contributed by atoms with van der Waals surface area (Å²) in [6.45, 7) is 0.527. The first kappa shape index (κ1) is 10.3. The Bertz CT molecular complexity index is 377. The molecule has 3 heteroatoms. The molecule has 0 unspecified atom stereocenters. The molecule has 2 N–H and O–H groups in total. The molecule has 1 aromatic carbocycles. The SMILES string of the molecule is COC/C=C/c1cccc(N)c1C#N. The molecule has 0 saturated heterocycles. The minimum atomic E-state index is 0.507. The van der Waals surface area contributed by atoms with Crippen LogP contribution in [0.15, 0.2) is 24.3 Å². The van der Waals surface area contributed by atoms with Crippen LogP contribution in [0.1, 0.15) is 11.1 Å². The molecular weight excluding hydrogens is 176 g/mol. The zero-order chi connectivity index (χ0) is 10.4. The van der Waals surface area contributed by atoms with Crippen LogP contribution in [0.25, 0.3) is 6.08 Å². The largest absolute Gasteiger partial charge is 0.398 e. The van der Waals surface area contributed by atoms with E-state index >= 15 is 0 Å². The molecule has 0 aliphatic rings. The van der Waals surface area contributed by atoms with E-state index in [1.165, 1.54) is 0 Å². The maximum absolute atomic E-state index is 8.86. The quantitative estimate of drug-likeness (QED) is 0.736. The third kappa shape index (κ3) is 2.35. The molecule has 0 aliphatic carbocycles. The van der Waals surface area contributed by atoms with E-state index in [0.29, 0.717) is 17.9 Å². The van der Waals surface area contributed by atoms with Crippen LogP contribution in [-0.2, 0) is 4.74 Å². The Balaban J connectivity index is 2.98. The second kappa shape index (κ2) is 5.05. The Labute approximate surface area is 83.4 Å². The second-order valence-electron chi connectivity index (χ2n) is 2.78. The van der Waals surface area contributed by atoms with Crippen molar-refractivity contribution in [1.29, 1.82) is 5.26 Å². The summed E-state index contributed by atoms with van der Waals surface area (Å²) in [6, 6.07) is 7.46.